The number of halogens is 2. The second-order valence-electron chi connectivity index (χ2n) is 3.08. The summed E-state index contributed by atoms with van der Waals surface area (Å²) in [5.74, 6) is 3.19. The van der Waals surface area contributed by atoms with E-state index in [0.717, 1.165) is 11.8 Å². The Hall–Kier alpha value is -1.74. The van der Waals surface area contributed by atoms with Crippen LogP contribution in [0.15, 0.2) is 22.6 Å². The number of rotatable bonds is 3. The van der Waals surface area contributed by atoms with Gasteiger partial charge in [0.2, 0.25) is 0 Å². The summed E-state index contributed by atoms with van der Waals surface area (Å²) in [4.78, 5) is 3.70. The van der Waals surface area contributed by atoms with Crippen LogP contribution in [0.5, 0.6) is 0 Å². The summed E-state index contributed by atoms with van der Waals surface area (Å²) in [7, 11) is 1.70. The molecule has 0 aromatic carbocycles. The topological polar surface area (TPSA) is 81.7 Å². The Morgan fingerprint density at radius 1 is 1.41 bits per heavy atom. The molecule has 0 atom stereocenters. The van der Waals surface area contributed by atoms with Crippen LogP contribution in [0.4, 0.5) is 14.6 Å². The standard InChI is InChI=1S/C8H8F2N6S/c1-16-3-12-15-8(16)17-7-5(10)2-4(9)6(13-7)14-11/h2-3H,11H2,1H3,(H,13,14). The highest BCUT2D eigenvalue weighted by atomic mass is 32.2. The van der Waals surface area contributed by atoms with Gasteiger partial charge in [0, 0.05) is 13.1 Å². The number of pyridine rings is 1. The van der Waals surface area contributed by atoms with E-state index in [4.69, 9.17) is 5.84 Å². The largest absolute Gasteiger partial charge is 0.311 e. The van der Waals surface area contributed by atoms with Crippen molar-refractivity contribution in [2.75, 3.05) is 5.43 Å². The van der Waals surface area contributed by atoms with Gasteiger partial charge >= 0.3 is 0 Å². The van der Waals surface area contributed by atoms with Crippen LogP contribution >= 0.6 is 11.8 Å². The van der Waals surface area contributed by atoms with E-state index >= 15 is 0 Å². The number of hydrogen-bond acceptors (Lipinski definition) is 6. The first-order chi connectivity index (χ1) is 8.11. The summed E-state index contributed by atoms with van der Waals surface area (Å²) >= 11 is 0.927. The van der Waals surface area contributed by atoms with Crippen molar-refractivity contribution in [3.8, 4) is 0 Å². The first-order valence-corrected chi connectivity index (χ1v) is 5.28. The summed E-state index contributed by atoms with van der Waals surface area (Å²) in [5.41, 5.74) is 2.05. The van der Waals surface area contributed by atoms with Gasteiger partial charge in [0.05, 0.1) is 0 Å². The molecule has 9 heteroatoms. The lowest BCUT2D eigenvalue weighted by Gasteiger charge is -2.05. The van der Waals surface area contributed by atoms with E-state index in [1.165, 1.54) is 6.33 Å². The molecule has 2 rings (SSSR count). The van der Waals surface area contributed by atoms with Crippen LogP contribution in [0.1, 0.15) is 0 Å². The van der Waals surface area contributed by atoms with Gasteiger partial charge in [-0.05, 0) is 11.8 Å². The van der Waals surface area contributed by atoms with Gasteiger partial charge in [-0.1, -0.05) is 0 Å². The Morgan fingerprint density at radius 2 is 2.18 bits per heavy atom. The molecule has 3 N–H and O–H groups in total. The van der Waals surface area contributed by atoms with Gasteiger partial charge < -0.3 is 9.99 Å². The van der Waals surface area contributed by atoms with Crippen LogP contribution < -0.4 is 11.3 Å². The van der Waals surface area contributed by atoms with E-state index in [0.29, 0.717) is 11.2 Å². The fraction of sp³-hybridized carbons (Fsp3) is 0.125. The molecular weight excluding hydrogens is 250 g/mol. The molecule has 0 aliphatic carbocycles. The molecule has 0 unspecified atom stereocenters. The number of nitrogen functional groups attached to an aromatic ring is 1. The van der Waals surface area contributed by atoms with Crippen LogP contribution in [0.3, 0.4) is 0 Å². The highest BCUT2D eigenvalue weighted by molar-refractivity contribution is 7.99. The lowest BCUT2D eigenvalue weighted by Crippen LogP contribution is -2.11. The van der Waals surface area contributed by atoms with Crippen molar-refractivity contribution in [3.63, 3.8) is 0 Å². The minimum atomic E-state index is -0.854. The van der Waals surface area contributed by atoms with E-state index in [2.05, 4.69) is 15.2 Å². The number of hydrazine groups is 1. The minimum absolute atomic E-state index is 0.0320. The van der Waals surface area contributed by atoms with Gasteiger partial charge in [-0.15, -0.1) is 10.2 Å². The monoisotopic (exact) mass is 258 g/mol. The second kappa shape index (κ2) is 4.63. The molecule has 0 spiro atoms. The molecule has 2 heterocycles. The van der Waals surface area contributed by atoms with Crippen LogP contribution in [-0.4, -0.2) is 19.7 Å². The Kier molecular flexibility index (Phi) is 3.20. The Labute approximate surface area is 99.2 Å². The quantitative estimate of drug-likeness (QED) is 0.629. The molecule has 6 nitrogen and oxygen atoms in total. The first kappa shape index (κ1) is 11.7. The van der Waals surface area contributed by atoms with Crippen LogP contribution in [-0.2, 0) is 7.05 Å². The summed E-state index contributed by atoms with van der Waals surface area (Å²) < 4.78 is 28.1. The highest BCUT2D eigenvalue weighted by Crippen LogP contribution is 2.28. The maximum absolute atomic E-state index is 13.4. The molecule has 17 heavy (non-hydrogen) atoms. The van der Waals surface area contributed by atoms with E-state index in [-0.39, 0.29) is 10.8 Å². The summed E-state index contributed by atoms with van der Waals surface area (Å²) in [6, 6.07) is 0.709. The van der Waals surface area contributed by atoms with Crippen LogP contribution in [0.2, 0.25) is 0 Å². The lowest BCUT2D eigenvalue weighted by atomic mass is 10.4. The molecule has 0 aliphatic rings. The van der Waals surface area contributed by atoms with E-state index in [1.807, 2.05) is 5.43 Å². The van der Waals surface area contributed by atoms with Gasteiger partial charge in [0.25, 0.3) is 0 Å². The summed E-state index contributed by atoms with van der Waals surface area (Å²) in [5, 5.41) is 7.79. The fourth-order valence-corrected chi connectivity index (χ4v) is 1.82. The molecular formula is C8H8F2N6S. The third-order valence-corrected chi connectivity index (χ3v) is 2.92. The van der Waals surface area contributed by atoms with Crippen molar-refractivity contribution in [1.29, 1.82) is 0 Å². The minimum Gasteiger partial charge on any atom is -0.311 e. The molecule has 0 amide bonds. The predicted octanol–water partition coefficient (Wildman–Crippen LogP) is 0.925. The van der Waals surface area contributed by atoms with E-state index in [9.17, 15) is 8.78 Å². The Morgan fingerprint density at radius 3 is 2.76 bits per heavy atom. The van der Waals surface area contributed by atoms with Gasteiger partial charge in [-0.2, -0.15) is 0 Å². The van der Waals surface area contributed by atoms with Crippen molar-refractivity contribution >= 4 is 17.6 Å². The smallest absolute Gasteiger partial charge is 0.197 e. The normalized spacial score (nSPS) is 10.6. The number of aromatic nitrogens is 4. The van der Waals surface area contributed by atoms with Crippen molar-refractivity contribution in [1.82, 2.24) is 19.7 Å². The van der Waals surface area contributed by atoms with Gasteiger partial charge in [0.1, 0.15) is 11.4 Å². The molecule has 0 saturated carbocycles. The fourth-order valence-electron chi connectivity index (χ4n) is 1.07. The number of aryl methyl sites for hydroxylation is 1. The molecule has 0 radical (unpaired) electrons. The molecule has 0 saturated heterocycles. The van der Waals surface area contributed by atoms with Crippen molar-refractivity contribution in [2.24, 2.45) is 12.9 Å². The average molecular weight is 258 g/mol. The number of hydrogen-bond donors (Lipinski definition) is 2. The van der Waals surface area contributed by atoms with Gasteiger partial charge in [0.15, 0.2) is 22.6 Å². The highest BCUT2D eigenvalue weighted by Gasteiger charge is 2.14. The van der Waals surface area contributed by atoms with Crippen molar-refractivity contribution in [3.05, 3.63) is 24.0 Å². The van der Waals surface area contributed by atoms with E-state index in [1.54, 1.807) is 11.6 Å². The van der Waals surface area contributed by atoms with Gasteiger partial charge in [-0.3, -0.25) is 0 Å². The molecule has 0 fully saturated rings. The Bertz CT molecular complexity index is 543. The summed E-state index contributed by atoms with van der Waals surface area (Å²) in [6.07, 6.45) is 1.46. The van der Waals surface area contributed by atoms with Gasteiger partial charge in [-0.25, -0.2) is 19.6 Å². The SMILES string of the molecule is Cn1cnnc1Sc1nc(NN)c(F)cc1F. The number of anilines is 1. The number of nitrogens with two attached hydrogens (primary N) is 1. The number of nitrogens with one attached hydrogen (secondary N) is 1. The van der Waals surface area contributed by atoms with Crippen LogP contribution in [0, 0.1) is 11.6 Å². The third kappa shape index (κ3) is 2.34. The zero-order valence-electron chi connectivity index (χ0n) is 8.69. The second-order valence-corrected chi connectivity index (χ2v) is 4.03. The Balaban J connectivity index is 2.36. The van der Waals surface area contributed by atoms with Crippen molar-refractivity contribution in [2.45, 2.75) is 10.2 Å². The molecule has 90 valence electrons. The number of nitrogens with zero attached hydrogens (tertiary/aromatic N) is 4. The molecule has 2 aromatic rings. The van der Waals surface area contributed by atoms with Crippen molar-refractivity contribution < 1.29 is 8.78 Å². The zero-order valence-corrected chi connectivity index (χ0v) is 9.50. The molecule has 0 bridgehead atoms. The molecule has 0 aliphatic heterocycles. The van der Waals surface area contributed by atoms with E-state index < -0.39 is 11.6 Å². The lowest BCUT2D eigenvalue weighted by molar-refractivity contribution is 0.550. The average Bonchev–Trinajstić information content (AvgIpc) is 2.68. The maximum atomic E-state index is 13.4. The predicted molar refractivity (Wildman–Crippen MR) is 57.1 cm³/mol. The third-order valence-electron chi connectivity index (χ3n) is 1.89. The zero-order chi connectivity index (χ0) is 12.4. The molecule has 2 aromatic heterocycles. The van der Waals surface area contributed by atoms with Crippen LogP contribution in [0.25, 0.3) is 0 Å². The maximum Gasteiger partial charge on any atom is 0.197 e. The summed E-state index contributed by atoms with van der Waals surface area (Å²) in [6.45, 7) is 0. The first-order valence-electron chi connectivity index (χ1n) is 4.46.